The Balaban J connectivity index is 4.29. The summed E-state index contributed by atoms with van der Waals surface area (Å²) in [5.74, 6) is -0.842. The van der Waals surface area contributed by atoms with Crippen molar-refractivity contribution in [2.24, 2.45) is 0 Å². The molecule has 6 nitrogen and oxygen atoms in total. The predicted molar refractivity (Wildman–Crippen MR) is 353 cm³/mol. The van der Waals surface area contributed by atoms with E-state index in [-0.39, 0.29) is 31.1 Å². The number of unbranched alkanes of at least 4 members (excludes halogenated alkanes) is 45. The van der Waals surface area contributed by atoms with Crippen LogP contribution in [0, 0.1) is 0 Å². The number of hydrogen-bond donors (Lipinski definition) is 0. The van der Waals surface area contributed by atoms with Crippen molar-refractivity contribution in [3.05, 3.63) is 60.8 Å². The van der Waals surface area contributed by atoms with E-state index in [9.17, 15) is 14.4 Å². The molecule has 0 heterocycles. The molecule has 0 aromatic rings. The standard InChI is InChI=1S/C75H136O6/c1-4-7-10-13-16-19-22-25-28-31-33-35-36-37-38-39-40-41-43-44-47-50-53-56-59-62-65-68-74(77)80-71-72(70-79-73(76)67-64-61-58-55-52-49-46-30-27-24-21-18-15-12-9-6-3)81-75(78)69-66-63-60-57-54-51-48-45-42-34-32-29-26-23-20-17-14-11-8-5-2/h7,10,16,19,25,28,33,35,37-38,72H,4-6,8-9,11-15,17-18,20-24,26-27,29-32,34,36,39-71H2,1-3H3/b10-7-,19-16-,28-25-,35-33-,38-37-. The van der Waals surface area contributed by atoms with Gasteiger partial charge in [0.25, 0.3) is 0 Å². The van der Waals surface area contributed by atoms with Crippen molar-refractivity contribution in [3.8, 4) is 0 Å². The van der Waals surface area contributed by atoms with Crippen molar-refractivity contribution < 1.29 is 28.6 Å². The van der Waals surface area contributed by atoms with Crippen molar-refractivity contribution in [3.63, 3.8) is 0 Å². The van der Waals surface area contributed by atoms with Crippen molar-refractivity contribution in [2.75, 3.05) is 13.2 Å². The zero-order valence-corrected chi connectivity index (χ0v) is 54.3. The molecule has 0 spiro atoms. The van der Waals surface area contributed by atoms with Gasteiger partial charge in [-0.15, -0.1) is 0 Å². The molecule has 0 N–H and O–H groups in total. The first-order chi connectivity index (χ1) is 40.0. The third-order valence-corrected chi connectivity index (χ3v) is 16.0. The van der Waals surface area contributed by atoms with Gasteiger partial charge in [-0.3, -0.25) is 14.4 Å². The van der Waals surface area contributed by atoms with Gasteiger partial charge < -0.3 is 14.2 Å². The van der Waals surface area contributed by atoms with E-state index >= 15 is 0 Å². The van der Waals surface area contributed by atoms with Crippen LogP contribution in [0.25, 0.3) is 0 Å². The van der Waals surface area contributed by atoms with Gasteiger partial charge in [0.1, 0.15) is 13.2 Å². The van der Waals surface area contributed by atoms with E-state index in [0.29, 0.717) is 19.3 Å². The Labute approximate surface area is 504 Å². The fourth-order valence-corrected chi connectivity index (χ4v) is 10.7. The van der Waals surface area contributed by atoms with Crippen LogP contribution in [0.4, 0.5) is 0 Å². The minimum atomic E-state index is -0.773. The molecule has 0 saturated heterocycles. The Bertz CT molecular complexity index is 1440. The molecular weight excluding hydrogens is 997 g/mol. The molecule has 0 aliphatic carbocycles. The third kappa shape index (κ3) is 67.8. The Morgan fingerprint density at radius 3 is 0.753 bits per heavy atom. The number of allylic oxidation sites excluding steroid dienone is 10. The lowest BCUT2D eigenvalue weighted by Gasteiger charge is -2.18. The molecule has 0 saturated carbocycles. The van der Waals surface area contributed by atoms with E-state index in [0.717, 1.165) is 89.9 Å². The normalized spacial score (nSPS) is 12.4. The molecule has 1 atom stereocenters. The van der Waals surface area contributed by atoms with Crippen molar-refractivity contribution in [1.29, 1.82) is 0 Å². The summed E-state index contributed by atoms with van der Waals surface area (Å²) in [6, 6.07) is 0. The van der Waals surface area contributed by atoms with Crippen LogP contribution in [0.15, 0.2) is 60.8 Å². The maximum atomic E-state index is 13.0. The fourth-order valence-electron chi connectivity index (χ4n) is 10.7. The quantitative estimate of drug-likeness (QED) is 0.0261. The van der Waals surface area contributed by atoms with Gasteiger partial charge in [0.2, 0.25) is 0 Å². The molecule has 472 valence electrons. The van der Waals surface area contributed by atoms with Crippen LogP contribution in [-0.2, 0) is 28.6 Å². The van der Waals surface area contributed by atoms with Crippen LogP contribution in [0.1, 0.15) is 380 Å². The number of esters is 3. The summed E-state index contributed by atoms with van der Waals surface area (Å²) in [6.07, 6.45) is 89.6. The number of rotatable bonds is 66. The first-order valence-corrected chi connectivity index (χ1v) is 35.8. The highest BCUT2D eigenvalue weighted by Gasteiger charge is 2.19. The second-order valence-electron chi connectivity index (χ2n) is 24.1. The molecule has 0 aliphatic rings. The monoisotopic (exact) mass is 1130 g/mol. The zero-order chi connectivity index (χ0) is 58.5. The largest absolute Gasteiger partial charge is 0.462 e. The van der Waals surface area contributed by atoms with E-state index in [1.54, 1.807) is 0 Å². The molecule has 0 aliphatic heterocycles. The van der Waals surface area contributed by atoms with Crippen LogP contribution < -0.4 is 0 Å². The lowest BCUT2D eigenvalue weighted by Crippen LogP contribution is -2.30. The van der Waals surface area contributed by atoms with Crippen molar-refractivity contribution >= 4 is 17.9 Å². The summed E-state index contributed by atoms with van der Waals surface area (Å²) in [5, 5.41) is 0. The molecule has 0 rings (SSSR count). The summed E-state index contributed by atoms with van der Waals surface area (Å²) >= 11 is 0. The Hall–Kier alpha value is -2.89. The van der Waals surface area contributed by atoms with Gasteiger partial charge >= 0.3 is 17.9 Å². The highest BCUT2D eigenvalue weighted by molar-refractivity contribution is 5.71. The van der Waals surface area contributed by atoms with E-state index < -0.39 is 6.10 Å². The summed E-state index contributed by atoms with van der Waals surface area (Å²) in [7, 11) is 0. The number of carbonyl (C=O) groups is 3. The summed E-state index contributed by atoms with van der Waals surface area (Å²) < 4.78 is 17.0. The van der Waals surface area contributed by atoms with Crippen LogP contribution >= 0.6 is 0 Å². The molecule has 0 aromatic heterocycles. The van der Waals surface area contributed by atoms with Gasteiger partial charge in [0.15, 0.2) is 6.10 Å². The lowest BCUT2D eigenvalue weighted by atomic mass is 10.0. The molecular formula is C75H136O6. The van der Waals surface area contributed by atoms with Gasteiger partial charge in [-0.1, -0.05) is 358 Å². The molecule has 0 radical (unpaired) electrons. The maximum Gasteiger partial charge on any atom is 0.306 e. The molecule has 1 unspecified atom stereocenters. The third-order valence-electron chi connectivity index (χ3n) is 16.0. The minimum absolute atomic E-state index is 0.0684. The van der Waals surface area contributed by atoms with E-state index in [1.807, 2.05) is 0 Å². The molecule has 81 heavy (non-hydrogen) atoms. The van der Waals surface area contributed by atoms with Gasteiger partial charge in [-0.2, -0.15) is 0 Å². The molecule has 0 bridgehead atoms. The van der Waals surface area contributed by atoms with Gasteiger partial charge in [0, 0.05) is 19.3 Å². The molecule has 0 aromatic carbocycles. The van der Waals surface area contributed by atoms with E-state index in [1.165, 1.54) is 250 Å². The van der Waals surface area contributed by atoms with Crippen LogP contribution in [0.3, 0.4) is 0 Å². The second-order valence-corrected chi connectivity index (χ2v) is 24.1. The fraction of sp³-hybridized carbons (Fsp3) is 0.827. The number of hydrogen-bond acceptors (Lipinski definition) is 6. The van der Waals surface area contributed by atoms with Crippen LogP contribution in [-0.4, -0.2) is 37.2 Å². The number of carbonyl (C=O) groups excluding carboxylic acids is 3. The summed E-state index contributed by atoms with van der Waals surface area (Å²) in [4.78, 5) is 38.5. The van der Waals surface area contributed by atoms with Gasteiger partial charge in [0.05, 0.1) is 0 Å². The van der Waals surface area contributed by atoms with E-state index in [2.05, 4.69) is 81.5 Å². The highest BCUT2D eigenvalue weighted by atomic mass is 16.6. The molecule has 0 fully saturated rings. The molecule has 0 amide bonds. The van der Waals surface area contributed by atoms with Gasteiger partial charge in [-0.05, 0) is 64.2 Å². The van der Waals surface area contributed by atoms with Crippen LogP contribution in [0.2, 0.25) is 0 Å². The van der Waals surface area contributed by atoms with Gasteiger partial charge in [-0.25, -0.2) is 0 Å². The SMILES string of the molecule is CC/C=C\C/C=C\C/C=C\C/C=C\C/C=C\CCCCCCCCCCCCCC(=O)OCC(COC(=O)CCCCCCCCCCCCCCCCCC)OC(=O)CCCCCCCCCCCCCCCCCCCCCC. The van der Waals surface area contributed by atoms with E-state index in [4.69, 9.17) is 14.2 Å². The van der Waals surface area contributed by atoms with Crippen LogP contribution in [0.5, 0.6) is 0 Å². The average molecular weight is 1130 g/mol. The second kappa shape index (κ2) is 69.6. The van der Waals surface area contributed by atoms with Crippen molar-refractivity contribution in [1.82, 2.24) is 0 Å². The predicted octanol–water partition coefficient (Wildman–Crippen LogP) is 24.7. The summed E-state index contributed by atoms with van der Waals surface area (Å²) in [6.45, 7) is 6.60. The Morgan fingerprint density at radius 2 is 0.481 bits per heavy atom. The first kappa shape index (κ1) is 78.1. The lowest BCUT2D eigenvalue weighted by molar-refractivity contribution is -0.167. The minimum Gasteiger partial charge on any atom is -0.462 e. The highest BCUT2D eigenvalue weighted by Crippen LogP contribution is 2.19. The average Bonchev–Trinajstić information content (AvgIpc) is 3.47. The number of ether oxygens (including phenoxy) is 3. The topological polar surface area (TPSA) is 78.9 Å². The first-order valence-electron chi connectivity index (χ1n) is 35.8. The summed E-state index contributed by atoms with van der Waals surface area (Å²) in [5.41, 5.74) is 0. The van der Waals surface area contributed by atoms with Crippen molar-refractivity contribution in [2.45, 2.75) is 386 Å². The molecule has 6 heteroatoms. The zero-order valence-electron chi connectivity index (χ0n) is 54.3. The Morgan fingerprint density at radius 1 is 0.259 bits per heavy atom. The Kier molecular flexibility index (Phi) is 67.1. The smallest absolute Gasteiger partial charge is 0.306 e. The maximum absolute atomic E-state index is 13.0.